The fraction of sp³-hybridized carbons (Fsp3) is 0.765. The molecule has 116 valence electrons. The van der Waals surface area contributed by atoms with Gasteiger partial charge in [-0.15, -0.1) is 0 Å². The number of aromatic amines is 1. The zero-order valence-electron chi connectivity index (χ0n) is 13.9. The summed E-state index contributed by atoms with van der Waals surface area (Å²) in [6.07, 6.45) is 4.02. The van der Waals surface area contributed by atoms with Crippen LogP contribution in [0.4, 0.5) is 0 Å². The molecule has 4 heteroatoms. The van der Waals surface area contributed by atoms with Crippen molar-refractivity contribution in [2.45, 2.75) is 66.3 Å². The molecule has 1 N–H and O–H groups in total. The SMILES string of the molecule is Cc1n[nH]c(C)c1CC(=O)N1C[C@]2(C)C[C@H]1CC(C)(C)C2. The number of carbonyl (C=O) groups excluding carboxylic acids is 1. The summed E-state index contributed by atoms with van der Waals surface area (Å²) >= 11 is 0. The van der Waals surface area contributed by atoms with Gasteiger partial charge in [0.2, 0.25) is 5.91 Å². The third-order valence-electron chi connectivity index (χ3n) is 5.34. The molecule has 1 amide bonds. The van der Waals surface area contributed by atoms with Crippen molar-refractivity contribution in [1.29, 1.82) is 0 Å². The van der Waals surface area contributed by atoms with E-state index in [1.165, 1.54) is 12.8 Å². The Labute approximate surface area is 127 Å². The van der Waals surface area contributed by atoms with Crippen LogP contribution in [0.15, 0.2) is 0 Å². The molecule has 3 rings (SSSR count). The first-order valence-electron chi connectivity index (χ1n) is 7.99. The predicted octanol–water partition coefficient (Wildman–Crippen LogP) is 3.00. The van der Waals surface area contributed by atoms with Gasteiger partial charge in [0, 0.05) is 23.8 Å². The molecule has 0 radical (unpaired) electrons. The minimum absolute atomic E-state index is 0.272. The van der Waals surface area contributed by atoms with Gasteiger partial charge in [-0.25, -0.2) is 0 Å². The second-order valence-electron chi connectivity index (χ2n) is 8.32. The lowest BCUT2D eigenvalue weighted by molar-refractivity contribution is -0.131. The number of amides is 1. The summed E-state index contributed by atoms with van der Waals surface area (Å²) in [7, 11) is 0. The van der Waals surface area contributed by atoms with Crippen LogP contribution in [0.25, 0.3) is 0 Å². The maximum Gasteiger partial charge on any atom is 0.227 e. The Bertz CT molecular complexity index is 555. The van der Waals surface area contributed by atoms with Gasteiger partial charge in [0.05, 0.1) is 12.1 Å². The molecule has 1 aromatic rings. The van der Waals surface area contributed by atoms with Crippen LogP contribution in [0.3, 0.4) is 0 Å². The largest absolute Gasteiger partial charge is 0.339 e. The average Bonchev–Trinajstić information content (AvgIpc) is 2.78. The third-order valence-corrected chi connectivity index (χ3v) is 5.34. The van der Waals surface area contributed by atoms with Gasteiger partial charge in [0.1, 0.15) is 0 Å². The molecule has 2 atom stereocenters. The Hall–Kier alpha value is -1.32. The molecule has 1 aliphatic heterocycles. The van der Waals surface area contributed by atoms with Gasteiger partial charge < -0.3 is 4.90 Å². The van der Waals surface area contributed by atoms with Crippen molar-refractivity contribution in [2.75, 3.05) is 6.54 Å². The highest BCUT2D eigenvalue weighted by Crippen LogP contribution is 2.52. The molecule has 4 nitrogen and oxygen atoms in total. The normalized spacial score (nSPS) is 30.7. The number of carbonyl (C=O) groups is 1. The summed E-state index contributed by atoms with van der Waals surface area (Å²) in [6, 6.07) is 0.429. The topological polar surface area (TPSA) is 49.0 Å². The Balaban J connectivity index is 1.78. The van der Waals surface area contributed by atoms with Gasteiger partial charge in [-0.1, -0.05) is 20.8 Å². The van der Waals surface area contributed by atoms with E-state index in [1.807, 2.05) is 13.8 Å². The fourth-order valence-corrected chi connectivity index (χ4v) is 4.84. The number of hydrogen-bond acceptors (Lipinski definition) is 2. The van der Waals surface area contributed by atoms with Gasteiger partial charge in [0.25, 0.3) is 0 Å². The quantitative estimate of drug-likeness (QED) is 0.910. The summed E-state index contributed by atoms with van der Waals surface area (Å²) in [5.74, 6) is 0.272. The van der Waals surface area contributed by atoms with E-state index < -0.39 is 0 Å². The average molecular weight is 289 g/mol. The number of hydrogen-bond donors (Lipinski definition) is 1. The number of fused-ring (bicyclic) bond motifs is 2. The fourth-order valence-electron chi connectivity index (χ4n) is 4.84. The van der Waals surface area contributed by atoms with Crippen LogP contribution in [0.5, 0.6) is 0 Å². The maximum atomic E-state index is 12.8. The maximum absolute atomic E-state index is 12.8. The minimum Gasteiger partial charge on any atom is -0.339 e. The van der Waals surface area contributed by atoms with Crippen LogP contribution in [-0.2, 0) is 11.2 Å². The van der Waals surface area contributed by atoms with Crippen LogP contribution >= 0.6 is 0 Å². The number of rotatable bonds is 2. The highest BCUT2D eigenvalue weighted by atomic mass is 16.2. The number of likely N-dealkylation sites (tertiary alicyclic amines) is 1. The Morgan fingerprint density at radius 2 is 2.05 bits per heavy atom. The third kappa shape index (κ3) is 2.60. The summed E-state index contributed by atoms with van der Waals surface area (Å²) in [4.78, 5) is 15.0. The molecule has 1 aromatic heterocycles. The first-order chi connectivity index (χ1) is 9.69. The van der Waals surface area contributed by atoms with E-state index in [1.54, 1.807) is 0 Å². The van der Waals surface area contributed by atoms with Crippen molar-refractivity contribution in [1.82, 2.24) is 15.1 Å². The predicted molar refractivity (Wildman–Crippen MR) is 83.0 cm³/mol. The van der Waals surface area contributed by atoms with Crippen molar-refractivity contribution in [3.63, 3.8) is 0 Å². The van der Waals surface area contributed by atoms with Crippen LogP contribution in [-0.4, -0.2) is 33.6 Å². The zero-order chi connectivity index (χ0) is 15.4. The summed E-state index contributed by atoms with van der Waals surface area (Å²) < 4.78 is 0. The molecule has 0 spiro atoms. The van der Waals surface area contributed by atoms with Crippen molar-refractivity contribution in [2.24, 2.45) is 10.8 Å². The number of aryl methyl sites for hydroxylation is 2. The van der Waals surface area contributed by atoms with Gasteiger partial charge in [0.15, 0.2) is 0 Å². The Kier molecular flexibility index (Phi) is 3.19. The van der Waals surface area contributed by atoms with Crippen LogP contribution in [0.1, 0.15) is 57.0 Å². The summed E-state index contributed by atoms with van der Waals surface area (Å²) in [5.41, 5.74) is 3.71. The molecule has 2 heterocycles. The molecule has 0 unspecified atom stereocenters. The second kappa shape index (κ2) is 4.59. The summed E-state index contributed by atoms with van der Waals surface area (Å²) in [5, 5.41) is 7.18. The van der Waals surface area contributed by atoms with E-state index in [2.05, 4.69) is 35.9 Å². The number of nitrogens with one attached hydrogen (secondary N) is 1. The van der Waals surface area contributed by atoms with E-state index in [0.717, 1.165) is 29.9 Å². The number of nitrogens with zero attached hydrogens (tertiary/aromatic N) is 2. The Morgan fingerprint density at radius 1 is 1.33 bits per heavy atom. The first-order valence-corrected chi connectivity index (χ1v) is 7.99. The van der Waals surface area contributed by atoms with Gasteiger partial charge in [-0.05, 0) is 43.9 Å². The van der Waals surface area contributed by atoms with Crippen molar-refractivity contribution in [3.05, 3.63) is 17.0 Å². The van der Waals surface area contributed by atoms with Crippen LogP contribution in [0.2, 0.25) is 0 Å². The zero-order valence-corrected chi connectivity index (χ0v) is 13.9. The second-order valence-corrected chi connectivity index (χ2v) is 8.32. The van der Waals surface area contributed by atoms with E-state index in [0.29, 0.717) is 23.3 Å². The van der Waals surface area contributed by atoms with E-state index in [9.17, 15) is 4.79 Å². The standard InChI is InChI=1S/C17H27N3O/c1-11-14(12(2)19-18-11)6-15(21)20-10-17(5)8-13(20)7-16(3,4)9-17/h13H,6-10H2,1-5H3,(H,18,19)/t13-,17-/m1/s1. The first kappa shape index (κ1) is 14.6. The number of aromatic nitrogens is 2. The van der Waals surface area contributed by atoms with Crippen molar-refractivity contribution in [3.8, 4) is 0 Å². The minimum atomic E-state index is 0.272. The molecule has 1 saturated carbocycles. The lowest BCUT2D eigenvalue weighted by Gasteiger charge is -2.39. The molecule has 0 aromatic carbocycles. The van der Waals surface area contributed by atoms with Crippen molar-refractivity contribution < 1.29 is 4.79 Å². The highest BCUT2D eigenvalue weighted by molar-refractivity contribution is 5.80. The molecule has 1 aliphatic carbocycles. The Morgan fingerprint density at radius 3 is 2.67 bits per heavy atom. The highest BCUT2D eigenvalue weighted by Gasteiger charge is 2.50. The lowest BCUT2D eigenvalue weighted by atomic mass is 9.65. The smallest absolute Gasteiger partial charge is 0.227 e. The summed E-state index contributed by atoms with van der Waals surface area (Å²) in [6.45, 7) is 11.9. The molecule has 2 bridgehead atoms. The lowest BCUT2D eigenvalue weighted by Crippen LogP contribution is -2.38. The van der Waals surface area contributed by atoms with E-state index in [-0.39, 0.29) is 5.91 Å². The molecular formula is C17H27N3O. The van der Waals surface area contributed by atoms with E-state index >= 15 is 0 Å². The monoisotopic (exact) mass is 289 g/mol. The molecule has 1 saturated heterocycles. The molecule has 2 aliphatic rings. The number of H-pyrrole nitrogens is 1. The molecule has 21 heavy (non-hydrogen) atoms. The van der Waals surface area contributed by atoms with Crippen LogP contribution in [0, 0.1) is 24.7 Å². The molecule has 2 fully saturated rings. The molecular weight excluding hydrogens is 262 g/mol. The van der Waals surface area contributed by atoms with Gasteiger partial charge in [-0.3, -0.25) is 9.89 Å². The van der Waals surface area contributed by atoms with Crippen molar-refractivity contribution >= 4 is 5.91 Å². The van der Waals surface area contributed by atoms with Gasteiger partial charge >= 0.3 is 0 Å². The van der Waals surface area contributed by atoms with Gasteiger partial charge in [-0.2, -0.15) is 5.10 Å². The van der Waals surface area contributed by atoms with E-state index in [4.69, 9.17) is 0 Å². The van der Waals surface area contributed by atoms with Crippen LogP contribution < -0.4 is 0 Å².